The molecule has 0 radical (unpaired) electrons. The molecule has 0 saturated heterocycles. The molecule has 32 heavy (non-hydrogen) atoms. The molecule has 0 aliphatic heterocycles. The van der Waals surface area contributed by atoms with Gasteiger partial charge >= 0.3 is 5.97 Å². The quantitative estimate of drug-likeness (QED) is 0.263. The van der Waals surface area contributed by atoms with Crippen molar-refractivity contribution >= 4 is 44.7 Å². The summed E-state index contributed by atoms with van der Waals surface area (Å²) in [6, 6.07) is 11.0. The van der Waals surface area contributed by atoms with E-state index < -0.39 is 17.1 Å². The highest BCUT2D eigenvalue weighted by atomic mass is 79.9. The molecule has 0 aliphatic rings. The SMILES string of the molecule is Cc1cc(OCCCn2c(C)c([S+]([O-])c3ccc(Br)cc3)c(C)c2C(=O)O)cc(C)c1Cl. The van der Waals surface area contributed by atoms with Crippen LogP contribution in [0.2, 0.25) is 5.02 Å². The first-order valence-electron chi connectivity index (χ1n) is 10.1. The number of nitrogens with zero attached hydrogens (tertiary/aromatic N) is 1. The summed E-state index contributed by atoms with van der Waals surface area (Å²) in [5.74, 6) is -0.296. The van der Waals surface area contributed by atoms with E-state index in [4.69, 9.17) is 16.3 Å². The summed E-state index contributed by atoms with van der Waals surface area (Å²) < 4.78 is 21.7. The van der Waals surface area contributed by atoms with Gasteiger partial charge in [0.1, 0.15) is 11.4 Å². The molecule has 1 unspecified atom stereocenters. The predicted molar refractivity (Wildman–Crippen MR) is 131 cm³/mol. The van der Waals surface area contributed by atoms with Crippen LogP contribution in [0.5, 0.6) is 5.75 Å². The molecule has 3 aromatic rings. The van der Waals surface area contributed by atoms with Gasteiger partial charge in [-0.15, -0.1) is 0 Å². The van der Waals surface area contributed by atoms with Crippen molar-refractivity contribution in [2.24, 2.45) is 0 Å². The highest BCUT2D eigenvalue weighted by Crippen LogP contribution is 2.32. The standard InChI is InChI=1S/C24H25BrClNO4S/c1-14-12-19(13-15(2)21(14)26)31-11-5-10-27-17(4)23(16(3)22(27)24(28)29)32(30)20-8-6-18(25)7-9-20/h6-9,12-13H,5,10-11H2,1-4H3,(H,28,29). The monoisotopic (exact) mass is 537 g/mol. The summed E-state index contributed by atoms with van der Waals surface area (Å²) in [6.45, 7) is 8.26. The van der Waals surface area contributed by atoms with Crippen molar-refractivity contribution in [2.45, 2.75) is 50.5 Å². The molecule has 2 aromatic carbocycles. The van der Waals surface area contributed by atoms with Gasteiger partial charge in [-0.1, -0.05) is 27.5 Å². The number of ether oxygens (including phenoxy) is 1. The maximum atomic E-state index is 13.2. The summed E-state index contributed by atoms with van der Waals surface area (Å²) in [6.07, 6.45) is 0.598. The zero-order valence-electron chi connectivity index (χ0n) is 18.4. The van der Waals surface area contributed by atoms with Gasteiger partial charge in [-0.3, -0.25) is 0 Å². The first-order valence-corrected chi connectivity index (χ1v) is 12.4. The second-order valence-corrected chi connectivity index (χ2v) is 10.4. The van der Waals surface area contributed by atoms with E-state index in [1.807, 2.05) is 45.0 Å². The number of aromatic nitrogens is 1. The van der Waals surface area contributed by atoms with Gasteiger partial charge in [0.25, 0.3) is 0 Å². The van der Waals surface area contributed by atoms with E-state index in [0.717, 1.165) is 26.4 Å². The highest BCUT2D eigenvalue weighted by Gasteiger charge is 2.30. The molecule has 1 N–H and O–H groups in total. The predicted octanol–water partition coefficient (Wildman–Crippen LogP) is 6.47. The van der Waals surface area contributed by atoms with Crippen LogP contribution in [-0.4, -0.2) is 26.8 Å². The van der Waals surface area contributed by atoms with Crippen LogP contribution < -0.4 is 4.74 Å². The number of halogens is 2. The zero-order chi connectivity index (χ0) is 23.6. The Morgan fingerprint density at radius 1 is 1.16 bits per heavy atom. The average Bonchev–Trinajstić information content (AvgIpc) is 2.99. The molecule has 0 bridgehead atoms. The van der Waals surface area contributed by atoms with Crippen molar-refractivity contribution in [3.8, 4) is 5.75 Å². The molecule has 1 atom stereocenters. The Labute approximate surface area is 204 Å². The fraction of sp³-hybridized carbons (Fsp3) is 0.292. The number of benzene rings is 2. The van der Waals surface area contributed by atoms with Crippen LogP contribution in [0.15, 0.2) is 50.7 Å². The smallest absolute Gasteiger partial charge is 0.352 e. The number of hydrogen-bond acceptors (Lipinski definition) is 3. The highest BCUT2D eigenvalue weighted by molar-refractivity contribution is 9.10. The van der Waals surface area contributed by atoms with Crippen molar-refractivity contribution in [2.75, 3.05) is 6.61 Å². The van der Waals surface area contributed by atoms with Crippen LogP contribution in [0.1, 0.15) is 39.3 Å². The van der Waals surface area contributed by atoms with Gasteiger partial charge in [-0.05, 0) is 81.6 Å². The average molecular weight is 539 g/mol. The molecule has 3 rings (SSSR count). The molecule has 8 heteroatoms. The Kier molecular flexibility index (Phi) is 7.98. The van der Waals surface area contributed by atoms with E-state index in [9.17, 15) is 14.5 Å². The van der Waals surface area contributed by atoms with Gasteiger partial charge in [0.05, 0.1) is 12.3 Å². The van der Waals surface area contributed by atoms with Crippen LogP contribution in [0, 0.1) is 27.7 Å². The third kappa shape index (κ3) is 5.17. The van der Waals surface area contributed by atoms with E-state index in [0.29, 0.717) is 40.6 Å². The van der Waals surface area contributed by atoms with Gasteiger partial charge in [0, 0.05) is 32.8 Å². The van der Waals surface area contributed by atoms with Crippen molar-refractivity contribution in [1.29, 1.82) is 0 Å². The second-order valence-electron chi connectivity index (χ2n) is 7.64. The van der Waals surface area contributed by atoms with Crippen molar-refractivity contribution < 1.29 is 19.2 Å². The molecule has 5 nitrogen and oxygen atoms in total. The van der Waals surface area contributed by atoms with Gasteiger partial charge in [0.15, 0.2) is 9.79 Å². The lowest BCUT2D eigenvalue weighted by Gasteiger charge is -2.13. The maximum Gasteiger partial charge on any atom is 0.352 e. The Hall–Kier alpha value is -1.93. The van der Waals surface area contributed by atoms with Crippen molar-refractivity contribution in [1.82, 2.24) is 4.57 Å². The minimum atomic E-state index is -1.48. The zero-order valence-corrected chi connectivity index (χ0v) is 21.5. The Morgan fingerprint density at radius 2 is 1.75 bits per heavy atom. The third-order valence-corrected chi connectivity index (χ3v) is 8.12. The van der Waals surface area contributed by atoms with E-state index in [-0.39, 0.29) is 5.69 Å². The van der Waals surface area contributed by atoms with Crippen molar-refractivity contribution in [3.63, 3.8) is 0 Å². The minimum absolute atomic E-state index is 0.168. The van der Waals surface area contributed by atoms with Crippen molar-refractivity contribution in [3.05, 3.63) is 74.0 Å². The second kappa shape index (κ2) is 10.3. The van der Waals surface area contributed by atoms with Crippen LogP contribution in [0.3, 0.4) is 0 Å². The summed E-state index contributed by atoms with van der Waals surface area (Å²) in [5.41, 5.74) is 3.29. The van der Waals surface area contributed by atoms with Crippen LogP contribution >= 0.6 is 27.5 Å². The molecule has 0 fully saturated rings. The van der Waals surface area contributed by atoms with Crippen LogP contribution in [0.25, 0.3) is 0 Å². The maximum absolute atomic E-state index is 13.2. The first-order chi connectivity index (χ1) is 15.1. The lowest BCUT2D eigenvalue weighted by molar-refractivity contribution is 0.0683. The lowest BCUT2D eigenvalue weighted by Crippen LogP contribution is -2.13. The normalized spacial score (nSPS) is 12.1. The molecular weight excluding hydrogens is 514 g/mol. The third-order valence-electron chi connectivity index (χ3n) is 5.32. The van der Waals surface area contributed by atoms with Gasteiger partial charge in [-0.2, -0.15) is 0 Å². The largest absolute Gasteiger partial charge is 0.606 e. The number of aryl methyl sites for hydroxylation is 2. The summed E-state index contributed by atoms with van der Waals surface area (Å²) >= 11 is 8.11. The molecule has 0 amide bonds. The van der Waals surface area contributed by atoms with E-state index in [2.05, 4.69) is 15.9 Å². The van der Waals surface area contributed by atoms with Gasteiger partial charge in [-0.25, -0.2) is 4.79 Å². The summed E-state index contributed by atoms with van der Waals surface area (Å²) in [4.78, 5) is 13.2. The van der Waals surface area contributed by atoms with E-state index in [1.165, 1.54) is 0 Å². The number of carbonyl (C=O) groups is 1. The van der Waals surface area contributed by atoms with Gasteiger partial charge < -0.3 is 19.0 Å². The number of carboxylic acid groups (broad SMARTS) is 1. The number of hydrogen-bond donors (Lipinski definition) is 1. The number of rotatable bonds is 8. The van der Waals surface area contributed by atoms with E-state index >= 15 is 0 Å². The van der Waals surface area contributed by atoms with Crippen LogP contribution in [-0.2, 0) is 17.7 Å². The van der Waals surface area contributed by atoms with Crippen LogP contribution in [0.4, 0.5) is 0 Å². The number of carboxylic acids is 1. The van der Waals surface area contributed by atoms with E-state index in [1.54, 1.807) is 23.6 Å². The minimum Gasteiger partial charge on any atom is -0.606 e. The lowest BCUT2D eigenvalue weighted by atomic mass is 10.1. The fourth-order valence-electron chi connectivity index (χ4n) is 3.78. The first kappa shape index (κ1) is 24.7. The Morgan fingerprint density at radius 3 is 2.31 bits per heavy atom. The Balaban J connectivity index is 1.79. The molecule has 0 aliphatic carbocycles. The fourth-order valence-corrected chi connectivity index (χ4v) is 5.52. The molecule has 0 spiro atoms. The molecule has 1 heterocycles. The molecule has 1 aromatic heterocycles. The summed E-state index contributed by atoms with van der Waals surface area (Å²) in [5, 5.41) is 10.6. The van der Waals surface area contributed by atoms with Gasteiger partial charge in [0.2, 0.25) is 0 Å². The Bertz CT molecular complexity index is 1120. The molecule has 170 valence electrons. The molecule has 0 saturated carbocycles. The topological polar surface area (TPSA) is 74.5 Å². The summed E-state index contributed by atoms with van der Waals surface area (Å²) in [7, 11) is 0. The molecular formula is C24H25BrClNO4S. The number of aromatic carboxylic acids is 1.